The van der Waals surface area contributed by atoms with E-state index >= 15 is 0 Å². The van der Waals surface area contributed by atoms with Crippen molar-refractivity contribution in [1.29, 1.82) is 0 Å². The summed E-state index contributed by atoms with van der Waals surface area (Å²) in [5.41, 5.74) is 6.63. The maximum Gasteiger partial charge on any atom is 0.407 e. The first kappa shape index (κ1) is 25.1. The molecule has 0 aromatic carbocycles. The zero-order valence-corrected chi connectivity index (χ0v) is 21.6. The van der Waals surface area contributed by atoms with Crippen molar-refractivity contribution >= 4 is 23.1 Å². The molecule has 0 spiro atoms. The predicted octanol–water partition coefficient (Wildman–Crippen LogP) is 2.21. The molecule has 0 bridgehead atoms. The number of likely N-dealkylation sites (tertiary alicyclic amines) is 1. The zero-order chi connectivity index (χ0) is 25.7. The Morgan fingerprint density at radius 1 is 1.25 bits per heavy atom. The fraction of sp³-hybridized carbons (Fsp3) is 0.750. The number of aromatic nitrogens is 4. The number of carbonyl (C=O) groups excluding carboxylic acids is 1. The smallest absolute Gasteiger partial charge is 0.407 e. The Hall–Kier alpha value is -2.54. The lowest BCUT2D eigenvalue weighted by molar-refractivity contribution is -0.198. The first-order chi connectivity index (χ1) is 17.0. The monoisotopic (exact) mass is 503 g/mol. The Morgan fingerprint density at radius 3 is 2.81 bits per heavy atom. The largest absolute Gasteiger partial charge is 0.444 e. The Kier molecular flexibility index (Phi) is 6.56. The van der Waals surface area contributed by atoms with Crippen molar-refractivity contribution in [2.75, 3.05) is 25.4 Å². The molecule has 198 valence electrons. The highest BCUT2D eigenvalue weighted by Crippen LogP contribution is 2.44. The molecular weight excluding hydrogens is 466 g/mol. The summed E-state index contributed by atoms with van der Waals surface area (Å²) in [5, 5.41) is 2.88. The second-order valence-electron chi connectivity index (χ2n) is 11.2. The van der Waals surface area contributed by atoms with Crippen LogP contribution in [0.3, 0.4) is 0 Å². The summed E-state index contributed by atoms with van der Waals surface area (Å²) in [6.07, 6.45) is 4.55. The van der Waals surface area contributed by atoms with Crippen LogP contribution in [0.2, 0.25) is 0 Å². The molecule has 3 aliphatic heterocycles. The van der Waals surface area contributed by atoms with Crippen LogP contribution in [0.25, 0.3) is 11.2 Å². The number of alkyl carbamates (subject to hydrolysis) is 1. The molecule has 0 radical (unpaired) electrons. The molecule has 2 aromatic heterocycles. The average Bonchev–Trinajstić information content (AvgIpc) is 3.52. The van der Waals surface area contributed by atoms with Gasteiger partial charge in [-0.2, -0.15) is 0 Å². The third kappa shape index (κ3) is 5.13. The van der Waals surface area contributed by atoms with Gasteiger partial charge >= 0.3 is 6.09 Å². The van der Waals surface area contributed by atoms with E-state index < -0.39 is 17.6 Å². The molecule has 12 nitrogen and oxygen atoms in total. The summed E-state index contributed by atoms with van der Waals surface area (Å²) >= 11 is 0. The van der Waals surface area contributed by atoms with E-state index in [1.165, 1.54) is 6.33 Å². The molecule has 3 fully saturated rings. The van der Waals surface area contributed by atoms with Crippen LogP contribution < -0.4 is 11.1 Å². The van der Waals surface area contributed by atoms with Crippen molar-refractivity contribution in [2.24, 2.45) is 0 Å². The molecule has 0 unspecified atom stereocenters. The van der Waals surface area contributed by atoms with Gasteiger partial charge in [-0.05, 0) is 60.4 Å². The molecular formula is C24H37N7O5. The van der Waals surface area contributed by atoms with Crippen LogP contribution in [0.4, 0.5) is 10.6 Å². The number of nitrogen functional groups attached to an aromatic ring is 1. The van der Waals surface area contributed by atoms with E-state index in [9.17, 15) is 4.79 Å². The van der Waals surface area contributed by atoms with Crippen LogP contribution in [-0.2, 0) is 18.9 Å². The van der Waals surface area contributed by atoms with Gasteiger partial charge in [0.2, 0.25) is 0 Å². The van der Waals surface area contributed by atoms with Crippen molar-refractivity contribution in [3.63, 3.8) is 0 Å². The summed E-state index contributed by atoms with van der Waals surface area (Å²) in [6, 6.07) is 0.345. The lowest BCUT2D eigenvalue weighted by Crippen LogP contribution is -2.43. The van der Waals surface area contributed by atoms with Crippen LogP contribution in [0.5, 0.6) is 0 Å². The van der Waals surface area contributed by atoms with E-state index in [1.54, 1.807) is 6.33 Å². The molecule has 3 N–H and O–H groups in total. The quantitative estimate of drug-likeness (QED) is 0.603. The van der Waals surface area contributed by atoms with Gasteiger partial charge in [0.15, 0.2) is 23.5 Å². The number of imidazole rings is 1. The van der Waals surface area contributed by atoms with Crippen molar-refractivity contribution in [3.8, 4) is 0 Å². The van der Waals surface area contributed by atoms with Gasteiger partial charge < -0.3 is 30.0 Å². The number of hydrogen-bond acceptors (Lipinski definition) is 10. The first-order valence-electron chi connectivity index (χ1n) is 12.7. The van der Waals surface area contributed by atoms with Crippen LogP contribution in [0, 0.1) is 0 Å². The number of nitrogens with two attached hydrogens (primary N) is 1. The number of nitrogens with one attached hydrogen (secondary N) is 1. The molecule has 5 heterocycles. The minimum absolute atomic E-state index is 0.196. The molecule has 5 atom stereocenters. The number of amides is 1. The van der Waals surface area contributed by atoms with Gasteiger partial charge in [-0.3, -0.25) is 9.47 Å². The SMILES string of the molecule is CC(C)(C)OC(=O)NCC[C@@H]1CCCN1C[C@H]1O[C@@H](n2cnc3c(N)ncnc32)[C@@H]2OC(C)(C)O[C@@H]21. The second-order valence-corrected chi connectivity index (χ2v) is 11.2. The summed E-state index contributed by atoms with van der Waals surface area (Å²) in [6.45, 7) is 11.7. The summed E-state index contributed by atoms with van der Waals surface area (Å²) in [7, 11) is 0. The van der Waals surface area contributed by atoms with Gasteiger partial charge in [0, 0.05) is 19.1 Å². The Morgan fingerprint density at radius 2 is 2.03 bits per heavy atom. The van der Waals surface area contributed by atoms with E-state index in [2.05, 4.69) is 25.2 Å². The molecule has 3 saturated heterocycles. The topological polar surface area (TPSA) is 139 Å². The van der Waals surface area contributed by atoms with Crippen molar-refractivity contribution in [3.05, 3.63) is 12.7 Å². The highest BCUT2D eigenvalue weighted by molar-refractivity contribution is 5.81. The van der Waals surface area contributed by atoms with Gasteiger partial charge in [0.25, 0.3) is 0 Å². The van der Waals surface area contributed by atoms with E-state index in [-0.39, 0.29) is 24.4 Å². The third-order valence-corrected chi connectivity index (χ3v) is 6.85. The van der Waals surface area contributed by atoms with Crippen molar-refractivity contribution in [2.45, 2.75) is 95.9 Å². The van der Waals surface area contributed by atoms with E-state index in [1.807, 2.05) is 39.2 Å². The van der Waals surface area contributed by atoms with Gasteiger partial charge in [0.1, 0.15) is 35.8 Å². The third-order valence-electron chi connectivity index (χ3n) is 6.85. The first-order valence-corrected chi connectivity index (χ1v) is 12.7. The molecule has 5 rings (SSSR count). The van der Waals surface area contributed by atoms with Gasteiger partial charge in [-0.15, -0.1) is 0 Å². The van der Waals surface area contributed by atoms with Gasteiger partial charge in [-0.1, -0.05) is 0 Å². The van der Waals surface area contributed by atoms with Crippen LogP contribution in [-0.4, -0.2) is 85.9 Å². The Bertz CT molecular complexity index is 1100. The summed E-state index contributed by atoms with van der Waals surface area (Å²) < 4.78 is 26.4. The maximum absolute atomic E-state index is 12.0. The minimum Gasteiger partial charge on any atom is -0.444 e. The second kappa shape index (κ2) is 9.40. The number of anilines is 1. The van der Waals surface area contributed by atoms with Gasteiger partial charge in [0.05, 0.1) is 6.33 Å². The number of hydrogen-bond donors (Lipinski definition) is 2. The number of carbonyl (C=O) groups is 1. The molecule has 2 aromatic rings. The lowest BCUT2D eigenvalue weighted by atomic mass is 10.1. The van der Waals surface area contributed by atoms with Crippen molar-refractivity contribution < 1.29 is 23.7 Å². The minimum atomic E-state index is -0.720. The number of rotatable bonds is 6. The highest BCUT2D eigenvalue weighted by Gasteiger charge is 2.56. The van der Waals surface area contributed by atoms with Crippen LogP contribution in [0.15, 0.2) is 12.7 Å². The number of fused-ring (bicyclic) bond motifs is 2. The molecule has 12 heteroatoms. The highest BCUT2D eigenvalue weighted by atomic mass is 16.8. The average molecular weight is 504 g/mol. The van der Waals surface area contributed by atoms with E-state index in [4.69, 9.17) is 24.7 Å². The lowest BCUT2D eigenvalue weighted by Gasteiger charge is -2.30. The Balaban J connectivity index is 1.26. The fourth-order valence-corrected chi connectivity index (χ4v) is 5.43. The van der Waals surface area contributed by atoms with Crippen molar-refractivity contribution in [1.82, 2.24) is 29.7 Å². The number of nitrogens with zero attached hydrogens (tertiary/aromatic N) is 5. The molecule has 0 saturated carbocycles. The van der Waals surface area contributed by atoms with Crippen LogP contribution >= 0.6 is 0 Å². The van der Waals surface area contributed by atoms with Gasteiger partial charge in [-0.25, -0.2) is 19.7 Å². The molecule has 1 amide bonds. The fourth-order valence-electron chi connectivity index (χ4n) is 5.43. The summed E-state index contributed by atoms with van der Waals surface area (Å²) in [4.78, 5) is 27.3. The van der Waals surface area contributed by atoms with E-state index in [0.29, 0.717) is 36.1 Å². The Labute approximate surface area is 210 Å². The summed E-state index contributed by atoms with van der Waals surface area (Å²) in [5.74, 6) is -0.393. The normalized spacial score (nSPS) is 30.1. The molecule has 0 aliphatic carbocycles. The van der Waals surface area contributed by atoms with E-state index in [0.717, 1.165) is 25.8 Å². The standard InChI is InChI=1S/C24H37N7O5/c1-23(2,3)36-22(32)26-9-8-14-7-6-10-30(14)11-15-17-18(35-24(4,5)34-17)21(33-15)31-13-29-16-19(25)27-12-28-20(16)31/h12-15,17-18,21H,6-11H2,1-5H3,(H,26,32)(H2,25,27,28)/t14-,15+,17+,18+,21+/m0/s1. The molecule has 3 aliphatic rings. The maximum atomic E-state index is 12.0. The predicted molar refractivity (Wildman–Crippen MR) is 131 cm³/mol. The van der Waals surface area contributed by atoms with Crippen LogP contribution in [0.1, 0.15) is 60.1 Å². The zero-order valence-electron chi connectivity index (χ0n) is 21.6. The number of ether oxygens (including phenoxy) is 4. The molecule has 36 heavy (non-hydrogen) atoms.